The molecular formula is C21H38N2O6S. The van der Waals surface area contributed by atoms with Gasteiger partial charge in [0.05, 0.1) is 18.2 Å². The van der Waals surface area contributed by atoms with Crippen LogP contribution in [0.5, 0.6) is 0 Å². The summed E-state index contributed by atoms with van der Waals surface area (Å²) in [6, 6.07) is -0.899. The van der Waals surface area contributed by atoms with Crippen LogP contribution in [0.4, 0.5) is 0 Å². The molecule has 3 saturated heterocycles. The van der Waals surface area contributed by atoms with Crippen LogP contribution in [0.25, 0.3) is 0 Å². The van der Waals surface area contributed by atoms with Crippen molar-refractivity contribution >= 4 is 17.7 Å². The average molecular weight is 447 g/mol. The number of rotatable bonds is 7. The maximum atomic E-state index is 13.2. The Morgan fingerprint density at radius 2 is 2.00 bits per heavy atom. The van der Waals surface area contributed by atoms with E-state index in [4.69, 9.17) is 14.2 Å². The van der Waals surface area contributed by atoms with Gasteiger partial charge >= 0.3 is 0 Å². The summed E-state index contributed by atoms with van der Waals surface area (Å²) >= 11 is 1.38. The van der Waals surface area contributed by atoms with Crippen molar-refractivity contribution in [3.05, 3.63) is 0 Å². The van der Waals surface area contributed by atoms with Gasteiger partial charge in [-0.3, -0.25) is 9.69 Å². The van der Waals surface area contributed by atoms with E-state index < -0.39 is 47.8 Å². The number of aliphatic hydroxyl groups excluding tert-OH is 2. The van der Waals surface area contributed by atoms with Gasteiger partial charge in [-0.05, 0) is 52.8 Å². The Kier molecular flexibility index (Phi) is 7.75. The maximum absolute atomic E-state index is 13.2. The van der Waals surface area contributed by atoms with Crippen molar-refractivity contribution < 1.29 is 29.2 Å². The fraction of sp³-hybridized carbons (Fsp3) is 0.952. The van der Waals surface area contributed by atoms with Crippen LogP contribution in [0, 0.1) is 5.92 Å². The van der Waals surface area contributed by atoms with Crippen molar-refractivity contribution in [1.29, 1.82) is 0 Å². The normalized spacial score (nSPS) is 40.7. The molecule has 0 aromatic heterocycles. The van der Waals surface area contributed by atoms with Crippen LogP contribution in [0.3, 0.4) is 0 Å². The lowest BCUT2D eigenvalue weighted by atomic mass is 9.92. The Morgan fingerprint density at radius 3 is 2.60 bits per heavy atom. The molecule has 30 heavy (non-hydrogen) atoms. The molecule has 3 fully saturated rings. The number of aliphatic hydroxyl groups is 2. The van der Waals surface area contributed by atoms with Gasteiger partial charge in [-0.25, -0.2) is 0 Å². The van der Waals surface area contributed by atoms with Crippen LogP contribution < -0.4 is 5.32 Å². The summed E-state index contributed by atoms with van der Waals surface area (Å²) in [5.41, 5.74) is -0.532. The summed E-state index contributed by atoms with van der Waals surface area (Å²) < 4.78 is 18.1. The highest BCUT2D eigenvalue weighted by Crippen LogP contribution is 2.41. The Balaban J connectivity index is 1.77. The van der Waals surface area contributed by atoms with E-state index in [0.717, 1.165) is 25.8 Å². The van der Waals surface area contributed by atoms with Gasteiger partial charge in [0.25, 0.3) is 0 Å². The monoisotopic (exact) mass is 446 g/mol. The van der Waals surface area contributed by atoms with Crippen molar-refractivity contribution in [2.45, 2.75) is 101 Å². The van der Waals surface area contributed by atoms with Crippen LogP contribution in [0.1, 0.15) is 47.0 Å². The van der Waals surface area contributed by atoms with E-state index in [1.807, 2.05) is 13.3 Å². The van der Waals surface area contributed by atoms with E-state index in [2.05, 4.69) is 17.1 Å². The fourth-order valence-corrected chi connectivity index (χ4v) is 5.73. The molecule has 9 unspecified atom stereocenters. The molecule has 3 aliphatic rings. The lowest BCUT2D eigenvalue weighted by Crippen LogP contribution is -2.65. The molecule has 9 heteroatoms. The number of hydrogen-bond acceptors (Lipinski definition) is 8. The fourth-order valence-electron chi connectivity index (χ4n) is 5.05. The molecule has 0 saturated carbocycles. The molecule has 8 nitrogen and oxygen atoms in total. The topological polar surface area (TPSA) is 100 Å². The van der Waals surface area contributed by atoms with Gasteiger partial charge in [-0.1, -0.05) is 13.3 Å². The van der Waals surface area contributed by atoms with Crippen LogP contribution in [0.15, 0.2) is 0 Å². The minimum absolute atomic E-state index is 0.104. The minimum Gasteiger partial charge on any atom is -0.391 e. The zero-order valence-electron chi connectivity index (χ0n) is 18.9. The smallest absolute Gasteiger partial charge is 0.237 e. The third kappa shape index (κ3) is 4.98. The number of fused-ring (bicyclic) bond motifs is 1. The van der Waals surface area contributed by atoms with Crippen molar-refractivity contribution in [3.8, 4) is 0 Å². The third-order valence-electron chi connectivity index (χ3n) is 6.44. The zero-order valence-corrected chi connectivity index (χ0v) is 19.7. The zero-order chi connectivity index (χ0) is 22.2. The van der Waals surface area contributed by atoms with Gasteiger partial charge in [-0.2, -0.15) is 0 Å². The summed E-state index contributed by atoms with van der Waals surface area (Å²) in [5.74, 6) is -0.469. The molecule has 1 amide bonds. The van der Waals surface area contributed by atoms with Gasteiger partial charge < -0.3 is 29.7 Å². The quantitative estimate of drug-likeness (QED) is 0.531. The van der Waals surface area contributed by atoms with Crippen molar-refractivity contribution in [1.82, 2.24) is 10.2 Å². The molecule has 0 spiro atoms. The summed E-state index contributed by atoms with van der Waals surface area (Å²) in [5, 5.41) is 24.3. The average Bonchev–Trinajstić information content (AvgIpc) is 3.19. The number of thioether (sulfide) groups is 1. The Bertz CT molecular complexity index is 606. The molecule has 9 atom stereocenters. The van der Waals surface area contributed by atoms with E-state index in [1.54, 1.807) is 20.8 Å². The molecule has 0 radical (unpaired) electrons. The Labute approximate surface area is 184 Å². The molecule has 3 heterocycles. The Hall–Kier alpha value is -0.420. The first kappa shape index (κ1) is 24.2. The molecule has 0 aliphatic carbocycles. The molecule has 3 aliphatic heterocycles. The predicted molar refractivity (Wildman–Crippen MR) is 115 cm³/mol. The SMILES string of the molecule is CCCC1CC(C(=O)NC(C(C)O)C2OC(SC)C(O)C3OC(C)(C)OC32)N(C)C1. The van der Waals surface area contributed by atoms with Crippen LogP contribution in [-0.4, -0.2) is 94.7 Å². The number of hydrogen-bond donors (Lipinski definition) is 3. The second-order valence-corrected chi connectivity index (χ2v) is 10.3. The molecule has 0 aromatic rings. The van der Waals surface area contributed by atoms with E-state index in [-0.39, 0.29) is 11.9 Å². The summed E-state index contributed by atoms with van der Waals surface area (Å²) in [4.78, 5) is 15.2. The van der Waals surface area contributed by atoms with Crippen molar-refractivity contribution in [3.63, 3.8) is 0 Å². The van der Waals surface area contributed by atoms with E-state index in [0.29, 0.717) is 5.92 Å². The standard InChI is InChI=1S/C21H38N2O6S/c1-7-8-12-9-13(23(5)10-12)19(26)22-14(11(2)24)16-18-17(28-21(3,4)29-18)15(25)20(27-16)30-6/h11-18,20,24-25H,7-10H2,1-6H3,(H,22,26). The van der Waals surface area contributed by atoms with Gasteiger partial charge in [-0.15, -0.1) is 11.8 Å². The lowest BCUT2D eigenvalue weighted by molar-refractivity contribution is -0.177. The first-order chi connectivity index (χ1) is 14.1. The first-order valence-corrected chi connectivity index (χ1v) is 12.3. The van der Waals surface area contributed by atoms with Gasteiger partial charge in [0, 0.05) is 6.54 Å². The third-order valence-corrected chi connectivity index (χ3v) is 7.30. The molecule has 0 aromatic carbocycles. The van der Waals surface area contributed by atoms with E-state index in [9.17, 15) is 15.0 Å². The molecule has 0 bridgehead atoms. The maximum Gasteiger partial charge on any atom is 0.237 e. The molecule has 3 rings (SSSR count). The minimum atomic E-state index is -0.877. The van der Waals surface area contributed by atoms with Crippen molar-refractivity contribution in [2.24, 2.45) is 5.92 Å². The number of carbonyl (C=O) groups is 1. The van der Waals surface area contributed by atoms with E-state index in [1.165, 1.54) is 11.8 Å². The van der Waals surface area contributed by atoms with Crippen LogP contribution in [-0.2, 0) is 19.0 Å². The second kappa shape index (κ2) is 9.60. The molecule has 3 N–H and O–H groups in total. The number of carbonyl (C=O) groups excluding carboxylic acids is 1. The molecular weight excluding hydrogens is 408 g/mol. The Morgan fingerprint density at radius 1 is 1.33 bits per heavy atom. The number of amides is 1. The number of nitrogens with zero attached hydrogens (tertiary/aromatic N) is 1. The van der Waals surface area contributed by atoms with Gasteiger partial charge in [0.2, 0.25) is 5.91 Å². The number of likely N-dealkylation sites (N-methyl/N-ethyl adjacent to an activating group) is 1. The van der Waals surface area contributed by atoms with Gasteiger partial charge in [0.1, 0.15) is 29.9 Å². The highest BCUT2D eigenvalue weighted by atomic mass is 32.2. The first-order valence-electron chi connectivity index (χ1n) is 11.0. The molecule has 174 valence electrons. The lowest BCUT2D eigenvalue weighted by Gasteiger charge is -2.43. The van der Waals surface area contributed by atoms with Crippen molar-refractivity contribution in [2.75, 3.05) is 19.8 Å². The summed E-state index contributed by atoms with van der Waals surface area (Å²) in [6.07, 6.45) is 1.35. The number of ether oxygens (including phenoxy) is 3. The van der Waals surface area contributed by atoms with E-state index >= 15 is 0 Å². The number of likely N-dealkylation sites (tertiary alicyclic amines) is 1. The summed E-state index contributed by atoms with van der Waals surface area (Å²) in [7, 11) is 1.97. The van der Waals surface area contributed by atoms with Crippen LogP contribution in [0.2, 0.25) is 0 Å². The second-order valence-electron chi connectivity index (χ2n) is 9.38. The summed E-state index contributed by atoms with van der Waals surface area (Å²) in [6.45, 7) is 8.29. The predicted octanol–water partition coefficient (Wildman–Crippen LogP) is 0.941. The highest BCUT2D eigenvalue weighted by Gasteiger charge is 2.57. The number of nitrogens with one attached hydrogen (secondary N) is 1. The van der Waals surface area contributed by atoms with Gasteiger partial charge in [0.15, 0.2) is 5.79 Å². The van der Waals surface area contributed by atoms with Crippen LogP contribution >= 0.6 is 11.8 Å². The largest absolute Gasteiger partial charge is 0.391 e. The highest BCUT2D eigenvalue weighted by molar-refractivity contribution is 7.99.